The van der Waals surface area contributed by atoms with Crippen LogP contribution in [0, 0.1) is 5.92 Å². The maximum Gasteiger partial charge on any atom is 0.328 e. The number of methoxy groups -OCH3 is 1. The predicted molar refractivity (Wildman–Crippen MR) is 95.6 cm³/mol. The van der Waals surface area contributed by atoms with Crippen LogP contribution >= 0.6 is 11.3 Å². The zero-order valence-electron chi connectivity index (χ0n) is 15.1. The molecule has 144 valence electrons. The smallest absolute Gasteiger partial charge is 0.328 e. The van der Waals surface area contributed by atoms with Crippen molar-refractivity contribution in [2.45, 2.75) is 32.7 Å². The number of carbonyl (C=O) groups is 4. The van der Waals surface area contributed by atoms with E-state index in [4.69, 9.17) is 4.74 Å². The molecule has 0 aliphatic heterocycles. The first-order valence-corrected chi connectivity index (χ1v) is 9.06. The van der Waals surface area contributed by atoms with Gasteiger partial charge in [-0.05, 0) is 23.8 Å². The molecular weight excluding hydrogens is 360 g/mol. The molecule has 26 heavy (non-hydrogen) atoms. The molecule has 1 aromatic heterocycles. The number of amides is 2. The van der Waals surface area contributed by atoms with Crippen molar-refractivity contribution in [1.29, 1.82) is 0 Å². The number of rotatable bonds is 10. The Hall–Kier alpha value is -2.42. The van der Waals surface area contributed by atoms with E-state index in [9.17, 15) is 19.2 Å². The lowest BCUT2D eigenvalue weighted by Crippen LogP contribution is -2.44. The second-order valence-electron chi connectivity index (χ2n) is 5.92. The van der Waals surface area contributed by atoms with Crippen LogP contribution in [0.25, 0.3) is 0 Å². The molecule has 8 nitrogen and oxygen atoms in total. The molecule has 0 saturated carbocycles. The molecule has 2 N–H and O–H groups in total. The van der Waals surface area contributed by atoms with Crippen LogP contribution in [0.4, 0.5) is 0 Å². The highest BCUT2D eigenvalue weighted by Crippen LogP contribution is 2.08. The molecule has 0 fully saturated rings. The molecule has 1 unspecified atom stereocenters. The minimum Gasteiger partial charge on any atom is -0.467 e. The van der Waals surface area contributed by atoms with Gasteiger partial charge in [0.05, 0.1) is 18.4 Å². The first-order chi connectivity index (χ1) is 12.3. The van der Waals surface area contributed by atoms with Crippen molar-refractivity contribution in [3.8, 4) is 0 Å². The highest BCUT2D eigenvalue weighted by molar-refractivity contribution is 7.12. The zero-order chi connectivity index (χ0) is 19.5. The lowest BCUT2D eigenvalue weighted by molar-refractivity contribution is -0.150. The van der Waals surface area contributed by atoms with Crippen molar-refractivity contribution < 1.29 is 28.7 Å². The number of ether oxygens (including phenoxy) is 2. The van der Waals surface area contributed by atoms with E-state index in [1.54, 1.807) is 17.5 Å². The summed E-state index contributed by atoms with van der Waals surface area (Å²) >= 11 is 1.30. The Morgan fingerprint density at radius 2 is 1.96 bits per heavy atom. The van der Waals surface area contributed by atoms with Gasteiger partial charge in [-0.25, -0.2) is 4.79 Å². The average molecular weight is 384 g/mol. The van der Waals surface area contributed by atoms with E-state index in [0.29, 0.717) is 11.3 Å². The molecule has 1 aromatic rings. The van der Waals surface area contributed by atoms with Crippen molar-refractivity contribution in [3.63, 3.8) is 0 Å². The summed E-state index contributed by atoms with van der Waals surface area (Å²) in [6, 6.07) is 2.65. The average Bonchev–Trinajstić information content (AvgIpc) is 3.13. The van der Waals surface area contributed by atoms with Gasteiger partial charge in [0.1, 0.15) is 6.04 Å². The number of hydrogen-bond donors (Lipinski definition) is 2. The third-order valence-electron chi connectivity index (χ3n) is 3.25. The van der Waals surface area contributed by atoms with Crippen LogP contribution in [0.3, 0.4) is 0 Å². The zero-order valence-corrected chi connectivity index (χ0v) is 15.9. The Labute approximate surface area is 156 Å². The van der Waals surface area contributed by atoms with E-state index in [0.717, 1.165) is 0 Å². The maximum absolute atomic E-state index is 11.8. The van der Waals surface area contributed by atoms with E-state index in [1.807, 2.05) is 13.8 Å². The van der Waals surface area contributed by atoms with Gasteiger partial charge in [0.2, 0.25) is 0 Å². The Kier molecular flexibility index (Phi) is 9.35. The number of hydrogen-bond acceptors (Lipinski definition) is 7. The standard InChI is InChI=1S/C17H24N2O6S/c1-11(2)9-12(17(23)24-3)19-14(20)10-25-15(21)6-7-18-16(22)13-5-4-8-26-13/h4-5,8,11-12H,6-7,9-10H2,1-3H3,(H,18,22)(H,19,20). The van der Waals surface area contributed by atoms with E-state index in [1.165, 1.54) is 18.4 Å². The van der Waals surface area contributed by atoms with E-state index in [2.05, 4.69) is 15.4 Å². The fourth-order valence-corrected chi connectivity index (χ4v) is 2.69. The third-order valence-corrected chi connectivity index (χ3v) is 4.12. The fourth-order valence-electron chi connectivity index (χ4n) is 2.05. The first kappa shape index (κ1) is 21.6. The predicted octanol–water partition coefficient (Wildman–Crippen LogP) is 1.12. The van der Waals surface area contributed by atoms with Gasteiger partial charge in [0, 0.05) is 6.54 Å². The lowest BCUT2D eigenvalue weighted by atomic mass is 10.0. The molecule has 0 saturated heterocycles. The summed E-state index contributed by atoms with van der Waals surface area (Å²) in [5.74, 6) is -1.84. The number of carbonyl (C=O) groups excluding carboxylic acids is 4. The molecule has 0 radical (unpaired) electrons. The minimum atomic E-state index is -0.781. The molecule has 1 heterocycles. The van der Waals surface area contributed by atoms with Crippen LogP contribution in [0.1, 0.15) is 36.4 Å². The Bertz CT molecular complexity index is 615. The highest BCUT2D eigenvalue weighted by atomic mass is 32.1. The van der Waals surface area contributed by atoms with Crippen molar-refractivity contribution >= 4 is 35.1 Å². The van der Waals surface area contributed by atoms with Gasteiger partial charge in [0.25, 0.3) is 11.8 Å². The molecule has 0 aliphatic carbocycles. The SMILES string of the molecule is COC(=O)C(CC(C)C)NC(=O)COC(=O)CCNC(=O)c1cccs1. The summed E-state index contributed by atoms with van der Waals surface area (Å²) in [5, 5.41) is 6.86. The summed E-state index contributed by atoms with van der Waals surface area (Å²) in [6.45, 7) is 3.43. The van der Waals surface area contributed by atoms with Gasteiger partial charge in [-0.1, -0.05) is 19.9 Å². The third kappa shape index (κ3) is 8.11. The summed E-state index contributed by atoms with van der Waals surface area (Å²) in [7, 11) is 1.24. The monoisotopic (exact) mass is 384 g/mol. The van der Waals surface area contributed by atoms with Crippen molar-refractivity contribution in [3.05, 3.63) is 22.4 Å². The normalized spacial score (nSPS) is 11.5. The molecular formula is C17H24N2O6S. The van der Waals surface area contributed by atoms with Crippen LogP contribution in [0.2, 0.25) is 0 Å². The van der Waals surface area contributed by atoms with Crippen LogP contribution in [0.5, 0.6) is 0 Å². The topological polar surface area (TPSA) is 111 Å². The molecule has 0 aromatic carbocycles. The lowest BCUT2D eigenvalue weighted by Gasteiger charge is -2.18. The highest BCUT2D eigenvalue weighted by Gasteiger charge is 2.23. The summed E-state index contributed by atoms with van der Waals surface area (Å²) < 4.78 is 9.49. The largest absolute Gasteiger partial charge is 0.467 e. The van der Waals surface area contributed by atoms with Gasteiger partial charge in [-0.15, -0.1) is 11.3 Å². The minimum absolute atomic E-state index is 0.0587. The van der Waals surface area contributed by atoms with Crippen molar-refractivity contribution in [1.82, 2.24) is 10.6 Å². The second kappa shape index (κ2) is 11.2. The van der Waals surface area contributed by atoms with Crippen LogP contribution < -0.4 is 10.6 Å². The molecule has 1 rings (SSSR count). The fraction of sp³-hybridized carbons (Fsp3) is 0.529. The Balaban J connectivity index is 2.28. The van der Waals surface area contributed by atoms with Gasteiger partial charge >= 0.3 is 11.9 Å². The molecule has 0 spiro atoms. The number of nitrogens with one attached hydrogen (secondary N) is 2. The van der Waals surface area contributed by atoms with Gasteiger partial charge in [0.15, 0.2) is 6.61 Å². The van der Waals surface area contributed by atoms with E-state index >= 15 is 0 Å². The molecule has 0 aliphatic rings. The first-order valence-electron chi connectivity index (χ1n) is 8.18. The second-order valence-corrected chi connectivity index (χ2v) is 6.86. The van der Waals surface area contributed by atoms with Crippen molar-refractivity contribution in [2.24, 2.45) is 5.92 Å². The van der Waals surface area contributed by atoms with Gasteiger partial charge in [-0.3, -0.25) is 14.4 Å². The Morgan fingerprint density at radius 3 is 2.54 bits per heavy atom. The van der Waals surface area contributed by atoms with Crippen molar-refractivity contribution in [2.75, 3.05) is 20.3 Å². The Morgan fingerprint density at radius 1 is 1.23 bits per heavy atom. The summed E-state index contributed by atoms with van der Waals surface area (Å²) in [4.78, 5) is 47.3. The summed E-state index contributed by atoms with van der Waals surface area (Å²) in [5.41, 5.74) is 0. The van der Waals surface area contributed by atoms with Crippen LogP contribution in [-0.2, 0) is 23.9 Å². The van der Waals surface area contributed by atoms with E-state index < -0.39 is 30.5 Å². The molecule has 9 heteroatoms. The molecule has 0 bridgehead atoms. The summed E-state index contributed by atoms with van der Waals surface area (Å²) in [6.07, 6.45) is 0.359. The van der Waals surface area contributed by atoms with Gasteiger partial charge in [-0.2, -0.15) is 0 Å². The number of thiophene rings is 1. The quantitative estimate of drug-likeness (QED) is 0.585. The van der Waals surface area contributed by atoms with Gasteiger partial charge < -0.3 is 20.1 Å². The maximum atomic E-state index is 11.8. The van der Waals surface area contributed by atoms with Crippen LogP contribution in [-0.4, -0.2) is 50.1 Å². The number of esters is 2. The van der Waals surface area contributed by atoms with E-state index in [-0.39, 0.29) is 24.8 Å². The molecule has 1 atom stereocenters. The van der Waals surface area contributed by atoms with Crippen LogP contribution in [0.15, 0.2) is 17.5 Å². The molecule has 2 amide bonds.